The predicted molar refractivity (Wildman–Crippen MR) is 436 cm³/mol. The molecule has 8 unspecified atom stereocenters. The molecule has 584 valence electrons. The highest BCUT2D eigenvalue weighted by molar-refractivity contribution is 6.45. The van der Waals surface area contributed by atoms with Crippen molar-refractivity contribution < 1.29 is 57.2 Å². The van der Waals surface area contributed by atoms with Crippen LogP contribution in [0.25, 0.3) is 43.1 Å². The van der Waals surface area contributed by atoms with Crippen LogP contribution < -0.4 is 29.6 Å². The largest absolute Gasteiger partial charge is 0.457 e. The Labute approximate surface area is 656 Å². The smallest absolute Gasteiger partial charge is 0.262 e. The lowest BCUT2D eigenvalue weighted by Gasteiger charge is -2.42. The van der Waals surface area contributed by atoms with Crippen LogP contribution >= 0.6 is 0 Å². The number of hydrogen-bond acceptors (Lipinski definition) is 14. The zero-order valence-electron chi connectivity index (χ0n) is 66.5. The number of nitrogens with zero attached hydrogens (tertiary/aromatic N) is 4. The Kier molecular flexibility index (Phi) is 20.7. The van der Waals surface area contributed by atoms with Crippen LogP contribution in [-0.2, 0) is 19.1 Å². The highest BCUT2D eigenvalue weighted by atomic mass is 16.6. The zero-order valence-corrected chi connectivity index (χ0v) is 66.5. The number of epoxide rings is 2. The van der Waals surface area contributed by atoms with Gasteiger partial charge in [-0.2, -0.15) is 0 Å². The summed E-state index contributed by atoms with van der Waals surface area (Å²) in [4.78, 5) is 106. The first-order chi connectivity index (χ1) is 54.1. The third kappa shape index (κ3) is 14.2. The number of hydrogen-bond donors (Lipinski definition) is 2. The Morgan fingerprint density at radius 1 is 0.384 bits per heavy atom. The maximum absolute atomic E-state index is 16.9. The van der Waals surface area contributed by atoms with E-state index in [1.807, 2.05) is 121 Å². The summed E-state index contributed by atoms with van der Waals surface area (Å²) in [6, 6.07) is 36.1. The fraction of sp³-hybridized carbons (Fsp3) is 0.468. The lowest BCUT2D eigenvalue weighted by atomic mass is 9.79. The molecular formula is C94H106N6O12. The molecule has 9 aromatic rings. The summed E-state index contributed by atoms with van der Waals surface area (Å²) in [6.45, 7) is 20.0. The molecule has 4 aliphatic carbocycles. The average molecular weight is 1510 g/mol. The van der Waals surface area contributed by atoms with Crippen molar-refractivity contribution in [2.45, 2.75) is 230 Å². The second-order valence-corrected chi connectivity index (χ2v) is 34.6. The summed E-state index contributed by atoms with van der Waals surface area (Å²) in [5, 5.41) is 10.3. The molecule has 18 nitrogen and oxygen atoms in total. The van der Waals surface area contributed by atoms with Crippen LogP contribution in [0.3, 0.4) is 0 Å². The molecule has 9 aromatic carbocycles. The van der Waals surface area contributed by atoms with E-state index < -0.39 is 35.7 Å². The van der Waals surface area contributed by atoms with Crippen molar-refractivity contribution in [1.82, 2.24) is 30.2 Å². The maximum atomic E-state index is 16.9. The number of carbonyl (C=O) groups is 6. The molecular weight excluding hydrogens is 1410 g/mol. The summed E-state index contributed by atoms with van der Waals surface area (Å²) < 4.78 is 41.1. The summed E-state index contributed by atoms with van der Waals surface area (Å²) in [5.74, 6) is -0.582. The minimum absolute atomic E-state index is 0.132. The number of nitrogens with one attached hydrogen (secondary N) is 2. The molecule has 2 saturated heterocycles. The highest BCUT2D eigenvalue weighted by Crippen LogP contribution is 2.59. The van der Waals surface area contributed by atoms with Gasteiger partial charge in [-0.25, -0.2) is 0 Å². The first-order valence-corrected chi connectivity index (χ1v) is 41.6. The van der Waals surface area contributed by atoms with Crippen LogP contribution in [0.15, 0.2) is 121 Å². The van der Waals surface area contributed by atoms with E-state index >= 15 is 28.8 Å². The lowest BCUT2D eigenvalue weighted by molar-refractivity contribution is -0.139. The minimum Gasteiger partial charge on any atom is -0.457 e. The van der Waals surface area contributed by atoms with Crippen molar-refractivity contribution in [2.24, 2.45) is 11.8 Å². The van der Waals surface area contributed by atoms with Crippen LogP contribution in [0.5, 0.6) is 46.0 Å². The number of amides is 6. The van der Waals surface area contributed by atoms with Gasteiger partial charge >= 0.3 is 0 Å². The molecule has 0 aromatic heterocycles. The van der Waals surface area contributed by atoms with E-state index in [-0.39, 0.29) is 129 Å². The van der Waals surface area contributed by atoms with Crippen molar-refractivity contribution >= 4 is 78.5 Å². The first-order valence-electron chi connectivity index (χ1n) is 41.6. The number of ether oxygens (including phenoxy) is 6. The standard InChI is InChI=1S/C94H106N6O12/c1-51(2)55-25-33-65(34-26-55)109-75-43-71-79-72(90(102)99(89(71)101)87(59-17-11-12-18-59)93(105)97(9)63-23-15-21-61(41-63)95-47-69-49-107-69)45-77(111-67-37-29-57(30-38-67)53(5)6)83-84-78(112-68-39-31-58(32-40-68)54(7)8)46-74-80-73(44-76(82(86(80)84)81(75)85(79)83)110-66-35-27-56(28-36-66)52(3)4)91(103)100(92(74)104)88(60-19-13-14-20-60)94(106)98(10)64-24-16-22-62(42-64)96-48-70-50-108-70/h25-40,43-46,51-54,59-64,69-70,87-88,95-96H,11-24,41-42,47-50H2,1-10H3. The van der Waals surface area contributed by atoms with Crippen LogP contribution in [-0.4, -0.2) is 144 Å². The summed E-state index contributed by atoms with van der Waals surface area (Å²) in [7, 11) is 3.69. The summed E-state index contributed by atoms with van der Waals surface area (Å²) in [5.41, 5.74) is 4.82. The second-order valence-electron chi connectivity index (χ2n) is 34.6. The van der Waals surface area contributed by atoms with Crippen molar-refractivity contribution in [3.05, 3.63) is 166 Å². The SMILES string of the molecule is CC(C)c1ccc(Oc2cc3c4c(cc(Oc5ccc(C(C)C)cc5)c5c6c(Oc7ccc(C(C)C)cc7)cc7c8c(cc(Oc9ccc(C(C)C)cc9)c(c2c45)c86)C(=O)N(C(C(=O)N(C)C2CCCC(NCC4CO4)C2)C2CCCC2)C7=O)C(=O)N(C(C(=O)N(C)C2CCCC(NCC4CO4)C2)C2CCCC2)C3=O)cc1. The predicted octanol–water partition coefficient (Wildman–Crippen LogP) is 19.2. The quantitative estimate of drug-likeness (QED) is 0.0224. The van der Waals surface area contributed by atoms with Gasteiger partial charge in [0.2, 0.25) is 11.8 Å². The topological polar surface area (TPSA) is 201 Å². The van der Waals surface area contributed by atoms with Gasteiger partial charge in [0.1, 0.15) is 58.1 Å². The van der Waals surface area contributed by atoms with Crippen LogP contribution in [0.1, 0.15) is 245 Å². The number of rotatable bonds is 26. The number of benzene rings is 9. The molecule has 4 heterocycles. The fourth-order valence-electron chi connectivity index (χ4n) is 19.3. The molecule has 0 bridgehead atoms. The van der Waals surface area contributed by atoms with Gasteiger partial charge in [0.15, 0.2) is 0 Å². The second kappa shape index (κ2) is 30.8. The van der Waals surface area contributed by atoms with E-state index in [0.717, 1.165) is 126 Å². The number of carbonyl (C=O) groups excluding carboxylic acids is 6. The number of imide groups is 2. The van der Waals surface area contributed by atoms with Gasteiger partial charge in [0, 0.05) is 94.4 Å². The van der Waals surface area contributed by atoms with Crippen molar-refractivity contribution in [1.29, 1.82) is 0 Å². The molecule has 2 N–H and O–H groups in total. The van der Waals surface area contributed by atoms with Crippen LogP contribution in [0, 0.1) is 11.8 Å². The molecule has 0 spiro atoms. The van der Waals surface area contributed by atoms with Gasteiger partial charge in [0.05, 0.1) is 47.7 Å². The normalized spacial score (nSPS) is 21.9. The Hall–Kier alpha value is -9.46. The third-order valence-corrected chi connectivity index (χ3v) is 26.0. The van der Waals surface area contributed by atoms with Crippen molar-refractivity contribution in [2.75, 3.05) is 40.4 Å². The van der Waals surface area contributed by atoms with Crippen LogP contribution in [0.4, 0.5) is 0 Å². The number of fused-ring (bicyclic) bond motifs is 2. The zero-order chi connectivity index (χ0) is 77.7. The fourth-order valence-corrected chi connectivity index (χ4v) is 19.3. The number of likely N-dealkylation sites (N-methyl/N-ethyl adjacent to an activating group) is 2. The monoisotopic (exact) mass is 1510 g/mol. The maximum Gasteiger partial charge on any atom is 0.262 e. The van der Waals surface area contributed by atoms with Gasteiger partial charge in [-0.3, -0.25) is 38.6 Å². The third-order valence-electron chi connectivity index (χ3n) is 26.0. The molecule has 6 amide bonds. The van der Waals surface area contributed by atoms with E-state index in [0.29, 0.717) is 91.8 Å². The summed E-state index contributed by atoms with van der Waals surface area (Å²) >= 11 is 0. The summed E-state index contributed by atoms with van der Waals surface area (Å²) in [6.07, 6.45) is 13.0. The first kappa shape index (κ1) is 75.2. The molecule has 17 rings (SSSR count). The molecule has 8 atom stereocenters. The minimum atomic E-state index is -1.16. The Balaban J connectivity index is 0.944. The molecule has 18 heteroatoms. The van der Waals surface area contributed by atoms with E-state index in [4.69, 9.17) is 28.4 Å². The Morgan fingerprint density at radius 3 is 0.902 bits per heavy atom. The van der Waals surface area contributed by atoms with Crippen molar-refractivity contribution in [3.8, 4) is 46.0 Å². The molecule has 0 radical (unpaired) electrons. The Bertz CT molecular complexity index is 4560. The van der Waals surface area contributed by atoms with Crippen molar-refractivity contribution in [3.63, 3.8) is 0 Å². The van der Waals surface area contributed by atoms with Gasteiger partial charge in [-0.05, 0) is 208 Å². The van der Waals surface area contributed by atoms with E-state index in [9.17, 15) is 0 Å². The average Bonchev–Trinajstić information content (AvgIpc) is 1.07. The van der Waals surface area contributed by atoms with E-state index in [1.54, 1.807) is 24.3 Å². The highest BCUT2D eigenvalue weighted by Gasteiger charge is 2.51. The molecule has 112 heavy (non-hydrogen) atoms. The van der Waals surface area contributed by atoms with Crippen LogP contribution in [0.2, 0.25) is 0 Å². The van der Waals surface area contributed by atoms with E-state index in [2.05, 4.69) is 66.0 Å². The molecule has 4 saturated carbocycles. The molecule has 4 aliphatic heterocycles. The molecule has 8 aliphatic rings. The lowest BCUT2D eigenvalue weighted by Crippen LogP contribution is -2.58. The molecule has 6 fully saturated rings. The van der Waals surface area contributed by atoms with Gasteiger partial charge in [-0.15, -0.1) is 0 Å². The van der Waals surface area contributed by atoms with Gasteiger partial charge in [-0.1, -0.05) is 130 Å². The van der Waals surface area contributed by atoms with Gasteiger partial charge in [0.25, 0.3) is 23.6 Å². The Morgan fingerprint density at radius 2 is 0.652 bits per heavy atom. The van der Waals surface area contributed by atoms with E-state index in [1.165, 1.54) is 9.80 Å². The van der Waals surface area contributed by atoms with Gasteiger partial charge < -0.3 is 48.9 Å².